The molecule has 0 bridgehead atoms. The van der Waals surface area contributed by atoms with Gasteiger partial charge in [-0.2, -0.15) is 0 Å². The Hall–Kier alpha value is -2.16. The molecule has 0 spiro atoms. The summed E-state index contributed by atoms with van der Waals surface area (Å²) in [6, 6.07) is 4.49. The van der Waals surface area contributed by atoms with Gasteiger partial charge in [0.15, 0.2) is 5.13 Å². The highest BCUT2D eigenvalue weighted by Crippen LogP contribution is 2.45. The van der Waals surface area contributed by atoms with Crippen LogP contribution in [0, 0.1) is 11.2 Å². The first-order valence-electron chi connectivity index (χ1n) is 9.57. The number of aliphatic hydroxyl groups excluding tert-OH is 1. The minimum absolute atomic E-state index is 0.0200. The number of fused-ring (bicyclic) bond motifs is 2. The maximum Gasteiger partial charge on any atom is 0.270 e. The lowest BCUT2D eigenvalue weighted by Crippen LogP contribution is -2.35. The fourth-order valence-corrected chi connectivity index (χ4v) is 4.87. The molecule has 29 heavy (non-hydrogen) atoms. The van der Waals surface area contributed by atoms with Crippen LogP contribution in [0.25, 0.3) is 10.9 Å². The number of nitrogens with zero attached hydrogens (tertiary/aromatic N) is 2. The van der Waals surface area contributed by atoms with Gasteiger partial charge in [-0.25, -0.2) is 9.37 Å². The Labute approximate surface area is 175 Å². The van der Waals surface area contributed by atoms with Crippen LogP contribution in [0.1, 0.15) is 33.9 Å². The third kappa shape index (κ3) is 3.49. The molecule has 6 nitrogen and oxygen atoms in total. The molecular formula is C20H20ClFN4O2S. The number of aromatic nitrogens is 2. The predicted octanol–water partition coefficient (Wildman–Crippen LogP) is 3.80. The van der Waals surface area contributed by atoms with Crippen molar-refractivity contribution in [2.45, 2.75) is 25.8 Å². The summed E-state index contributed by atoms with van der Waals surface area (Å²) in [5.74, 6) is -0.623. The lowest BCUT2D eigenvalue weighted by atomic mass is 10.1. The lowest BCUT2D eigenvalue weighted by molar-refractivity contribution is 0.0731. The molecule has 0 saturated heterocycles. The van der Waals surface area contributed by atoms with Crippen molar-refractivity contribution >= 4 is 44.9 Å². The van der Waals surface area contributed by atoms with E-state index in [2.05, 4.69) is 15.3 Å². The summed E-state index contributed by atoms with van der Waals surface area (Å²) in [5.41, 5.74) is 2.11. The van der Waals surface area contributed by atoms with Crippen LogP contribution in [0.3, 0.4) is 0 Å². The van der Waals surface area contributed by atoms with Gasteiger partial charge in [-0.05, 0) is 31.0 Å². The molecule has 3 heterocycles. The first-order valence-corrected chi connectivity index (χ1v) is 10.8. The van der Waals surface area contributed by atoms with Gasteiger partial charge in [-0.1, -0.05) is 22.9 Å². The Kier molecular flexibility index (Phi) is 4.53. The van der Waals surface area contributed by atoms with Crippen LogP contribution in [-0.2, 0) is 13.0 Å². The molecule has 1 aliphatic carbocycles. The highest BCUT2D eigenvalue weighted by Gasteiger charge is 2.42. The minimum atomic E-state index is -0.501. The van der Waals surface area contributed by atoms with E-state index < -0.39 is 5.82 Å². The van der Waals surface area contributed by atoms with E-state index in [1.807, 2.05) is 0 Å². The number of anilines is 1. The van der Waals surface area contributed by atoms with Gasteiger partial charge in [0.05, 0.1) is 23.9 Å². The average molecular weight is 435 g/mol. The molecular weight excluding hydrogens is 415 g/mol. The molecule has 5 rings (SSSR count). The number of hydrogen-bond acceptors (Lipinski definition) is 5. The fourth-order valence-electron chi connectivity index (χ4n) is 3.69. The molecule has 0 radical (unpaired) electrons. The van der Waals surface area contributed by atoms with E-state index in [0.29, 0.717) is 36.1 Å². The first-order chi connectivity index (χ1) is 14.0. The largest absolute Gasteiger partial charge is 0.396 e. The first kappa shape index (κ1) is 18.8. The summed E-state index contributed by atoms with van der Waals surface area (Å²) in [5, 5.41) is 14.3. The summed E-state index contributed by atoms with van der Waals surface area (Å²) >= 11 is 7.40. The number of benzene rings is 1. The second-order valence-corrected chi connectivity index (χ2v) is 9.40. The van der Waals surface area contributed by atoms with Gasteiger partial charge in [-0.3, -0.25) is 4.79 Å². The van der Waals surface area contributed by atoms with Crippen molar-refractivity contribution in [1.29, 1.82) is 0 Å². The number of carbonyl (C=O) groups is 1. The third-order valence-electron chi connectivity index (χ3n) is 5.82. The number of amides is 1. The molecule has 3 N–H and O–H groups in total. The standard InChI is InChI=1S/C20H20ClFN4O2S/c21-12-7-15-11(5-13(12)22)6-16(24-15)18(28)26-4-1-14-17(8-26)29-19(25-14)23-9-20(10-27)2-3-20/h5-7,24,27H,1-4,8-10H2,(H,23,25). The van der Waals surface area contributed by atoms with E-state index in [-0.39, 0.29) is 23.0 Å². The highest BCUT2D eigenvalue weighted by molar-refractivity contribution is 7.15. The number of rotatable bonds is 5. The van der Waals surface area contributed by atoms with Crippen molar-refractivity contribution < 1.29 is 14.3 Å². The van der Waals surface area contributed by atoms with Crippen LogP contribution >= 0.6 is 22.9 Å². The molecule has 1 amide bonds. The fraction of sp³-hybridized carbons (Fsp3) is 0.400. The number of aromatic amines is 1. The number of carbonyl (C=O) groups excluding carboxylic acids is 1. The monoisotopic (exact) mass is 434 g/mol. The molecule has 2 aromatic heterocycles. The number of aliphatic hydroxyl groups is 1. The molecule has 0 unspecified atom stereocenters. The van der Waals surface area contributed by atoms with Crippen LogP contribution in [-0.4, -0.2) is 45.6 Å². The van der Waals surface area contributed by atoms with E-state index in [1.54, 1.807) is 22.3 Å². The maximum atomic E-state index is 13.7. The normalized spacial score (nSPS) is 17.4. The maximum absolute atomic E-state index is 13.7. The van der Waals surface area contributed by atoms with Gasteiger partial charge in [0, 0.05) is 40.7 Å². The number of nitrogens with one attached hydrogen (secondary N) is 2. The van der Waals surface area contributed by atoms with Crippen LogP contribution in [0.15, 0.2) is 18.2 Å². The third-order valence-corrected chi connectivity index (χ3v) is 7.15. The number of thiazole rings is 1. The van der Waals surface area contributed by atoms with Crippen LogP contribution in [0.4, 0.5) is 9.52 Å². The second-order valence-electron chi connectivity index (χ2n) is 7.91. The van der Waals surface area contributed by atoms with Gasteiger partial charge in [-0.15, -0.1) is 0 Å². The van der Waals surface area contributed by atoms with Crippen molar-refractivity contribution in [2.24, 2.45) is 5.41 Å². The highest BCUT2D eigenvalue weighted by atomic mass is 35.5. The number of H-pyrrole nitrogens is 1. The van der Waals surface area contributed by atoms with Crippen molar-refractivity contribution in [2.75, 3.05) is 25.0 Å². The molecule has 2 aliphatic rings. The van der Waals surface area contributed by atoms with Crippen LogP contribution < -0.4 is 5.32 Å². The average Bonchev–Trinajstić information content (AvgIpc) is 3.21. The zero-order valence-corrected chi connectivity index (χ0v) is 17.2. The quantitative estimate of drug-likeness (QED) is 0.570. The number of halogens is 2. The predicted molar refractivity (Wildman–Crippen MR) is 111 cm³/mol. The Morgan fingerprint density at radius 2 is 2.24 bits per heavy atom. The lowest BCUT2D eigenvalue weighted by Gasteiger charge is -2.25. The van der Waals surface area contributed by atoms with Crippen LogP contribution in [0.5, 0.6) is 0 Å². The van der Waals surface area contributed by atoms with Gasteiger partial charge >= 0.3 is 0 Å². The molecule has 3 aromatic rings. The summed E-state index contributed by atoms with van der Waals surface area (Å²) in [6.45, 7) is 2.02. The van der Waals surface area contributed by atoms with Gasteiger partial charge in [0.2, 0.25) is 0 Å². The summed E-state index contributed by atoms with van der Waals surface area (Å²) in [4.78, 5) is 23.5. The Balaban J connectivity index is 1.30. The Bertz CT molecular complexity index is 1070. The molecule has 1 fully saturated rings. The molecule has 152 valence electrons. The zero-order chi connectivity index (χ0) is 20.2. The summed E-state index contributed by atoms with van der Waals surface area (Å²) in [6.07, 6.45) is 2.79. The van der Waals surface area contributed by atoms with E-state index in [4.69, 9.17) is 11.6 Å². The minimum Gasteiger partial charge on any atom is -0.396 e. The smallest absolute Gasteiger partial charge is 0.270 e. The number of hydrogen-bond donors (Lipinski definition) is 3. The Morgan fingerprint density at radius 1 is 1.41 bits per heavy atom. The molecule has 1 aliphatic heterocycles. The van der Waals surface area contributed by atoms with E-state index in [1.165, 1.54) is 12.1 Å². The molecule has 0 atom stereocenters. The van der Waals surface area contributed by atoms with E-state index >= 15 is 0 Å². The molecule has 9 heteroatoms. The summed E-state index contributed by atoms with van der Waals surface area (Å²) < 4.78 is 13.7. The van der Waals surface area contributed by atoms with Crippen molar-refractivity contribution in [3.63, 3.8) is 0 Å². The van der Waals surface area contributed by atoms with Crippen LogP contribution in [0.2, 0.25) is 5.02 Å². The van der Waals surface area contributed by atoms with E-state index in [9.17, 15) is 14.3 Å². The molecule has 1 saturated carbocycles. The molecule has 1 aromatic carbocycles. The topological polar surface area (TPSA) is 81.2 Å². The van der Waals surface area contributed by atoms with Gasteiger partial charge in [0.25, 0.3) is 5.91 Å². The summed E-state index contributed by atoms with van der Waals surface area (Å²) in [7, 11) is 0. The second kappa shape index (κ2) is 6.97. The Morgan fingerprint density at radius 3 is 3.00 bits per heavy atom. The van der Waals surface area contributed by atoms with Gasteiger partial charge in [0.1, 0.15) is 11.5 Å². The SMILES string of the molecule is O=C(c1cc2cc(F)c(Cl)cc2[nH]1)N1CCc2nc(NCC3(CO)CC3)sc2C1. The van der Waals surface area contributed by atoms with Crippen molar-refractivity contribution in [1.82, 2.24) is 14.9 Å². The zero-order valence-electron chi connectivity index (χ0n) is 15.6. The van der Waals surface area contributed by atoms with E-state index in [0.717, 1.165) is 35.1 Å². The van der Waals surface area contributed by atoms with Crippen molar-refractivity contribution in [3.8, 4) is 0 Å². The van der Waals surface area contributed by atoms with Crippen molar-refractivity contribution in [3.05, 3.63) is 45.3 Å². The van der Waals surface area contributed by atoms with Gasteiger partial charge < -0.3 is 20.3 Å².